The van der Waals surface area contributed by atoms with Crippen LogP contribution in [0.4, 0.5) is 0 Å². The van der Waals surface area contributed by atoms with E-state index in [0.29, 0.717) is 12.1 Å². The zero-order valence-electron chi connectivity index (χ0n) is 11.2. The van der Waals surface area contributed by atoms with Crippen LogP contribution in [-0.2, 0) is 4.74 Å². The average Bonchev–Trinajstić information content (AvgIpc) is 2.29. The first-order valence-electron chi connectivity index (χ1n) is 6.89. The normalized spacial score (nSPS) is 29.6. The van der Waals surface area contributed by atoms with Gasteiger partial charge in [0.15, 0.2) is 0 Å². The highest BCUT2D eigenvalue weighted by Gasteiger charge is 2.34. The van der Waals surface area contributed by atoms with Gasteiger partial charge in [0.25, 0.3) is 0 Å². The second kappa shape index (κ2) is 5.83. The van der Waals surface area contributed by atoms with Gasteiger partial charge in [-0.1, -0.05) is 31.6 Å². The summed E-state index contributed by atoms with van der Waals surface area (Å²) < 4.78 is 5.88. The minimum Gasteiger partial charge on any atom is -0.372 e. The van der Waals surface area contributed by atoms with Gasteiger partial charge in [0.2, 0.25) is 0 Å². The molecule has 0 amide bonds. The summed E-state index contributed by atoms with van der Waals surface area (Å²) in [6.07, 6.45) is 8.61. The Hall–Kier alpha value is -0.600. The number of allylic oxidation sites excluding steroid dienone is 1. The van der Waals surface area contributed by atoms with Gasteiger partial charge in [-0.3, -0.25) is 4.90 Å². The van der Waals surface area contributed by atoms with Crippen molar-refractivity contribution < 1.29 is 4.74 Å². The van der Waals surface area contributed by atoms with Gasteiger partial charge >= 0.3 is 0 Å². The highest BCUT2D eigenvalue weighted by atomic mass is 16.5. The number of nitrogens with zero attached hydrogens (tertiary/aromatic N) is 1. The number of hydrogen-bond donors (Lipinski definition) is 0. The third-order valence-electron chi connectivity index (χ3n) is 3.92. The first-order valence-corrected chi connectivity index (χ1v) is 6.89. The molecule has 17 heavy (non-hydrogen) atoms. The van der Waals surface area contributed by atoms with Gasteiger partial charge in [-0.2, -0.15) is 0 Å². The molecule has 0 radical (unpaired) electrons. The lowest BCUT2D eigenvalue weighted by Crippen LogP contribution is -2.50. The highest BCUT2D eigenvalue weighted by Crippen LogP contribution is 2.31. The molecule has 1 saturated heterocycles. The van der Waals surface area contributed by atoms with E-state index in [1.807, 2.05) is 0 Å². The predicted octanol–water partition coefficient (Wildman–Crippen LogP) is 3.15. The maximum atomic E-state index is 5.88. The Labute approximate surface area is 105 Å². The highest BCUT2D eigenvalue weighted by molar-refractivity contribution is 5.23. The average molecular weight is 235 g/mol. The quantitative estimate of drug-likeness (QED) is 0.694. The van der Waals surface area contributed by atoms with Gasteiger partial charge in [0.05, 0.1) is 18.8 Å². The zero-order chi connectivity index (χ0) is 12.3. The molecule has 2 unspecified atom stereocenters. The standard InChI is InChI=1S/C15H25NO/c1-4-6-12(2)11-13-8-10-17-14-7-5-9-16(3)15(13)14/h8,14-15H,2,4-7,9-11H2,1,3H3. The molecule has 0 bridgehead atoms. The fourth-order valence-electron chi connectivity index (χ4n) is 3.13. The molecule has 0 aliphatic carbocycles. The Morgan fingerprint density at radius 3 is 3.18 bits per heavy atom. The van der Waals surface area contributed by atoms with Crippen LogP contribution in [0.5, 0.6) is 0 Å². The molecule has 2 aliphatic heterocycles. The van der Waals surface area contributed by atoms with Gasteiger partial charge in [-0.05, 0) is 44.8 Å². The number of hydrogen-bond acceptors (Lipinski definition) is 2. The Morgan fingerprint density at radius 1 is 1.59 bits per heavy atom. The van der Waals surface area contributed by atoms with Gasteiger partial charge < -0.3 is 4.74 Å². The second-order valence-corrected chi connectivity index (χ2v) is 5.40. The summed E-state index contributed by atoms with van der Waals surface area (Å²) >= 11 is 0. The maximum absolute atomic E-state index is 5.88. The summed E-state index contributed by atoms with van der Waals surface area (Å²) in [6, 6.07) is 0.506. The van der Waals surface area contributed by atoms with Crippen molar-refractivity contribution in [2.24, 2.45) is 0 Å². The van der Waals surface area contributed by atoms with E-state index >= 15 is 0 Å². The van der Waals surface area contributed by atoms with Crippen molar-refractivity contribution in [3.8, 4) is 0 Å². The first-order chi connectivity index (χ1) is 8.22. The molecule has 0 N–H and O–H groups in total. The molecule has 2 aliphatic rings. The molecule has 2 heteroatoms. The van der Waals surface area contributed by atoms with Crippen molar-refractivity contribution in [2.45, 2.75) is 51.2 Å². The molecule has 0 aromatic rings. The van der Waals surface area contributed by atoms with Gasteiger partial charge in [0.1, 0.15) is 0 Å². The fraction of sp³-hybridized carbons (Fsp3) is 0.733. The zero-order valence-corrected chi connectivity index (χ0v) is 11.2. The van der Waals surface area contributed by atoms with Gasteiger partial charge in [-0.15, -0.1) is 0 Å². The van der Waals surface area contributed by atoms with E-state index in [2.05, 4.69) is 31.5 Å². The Morgan fingerprint density at radius 2 is 2.41 bits per heavy atom. The van der Waals surface area contributed by atoms with E-state index in [-0.39, 0.29) is 0 Å². The van der Waals surface area contributed by atoms with Crippen LogP contribution in [0.1, 0.15) is 39.0 Å². The Balaban J connectivity index is 2.04. The predicted molar refractivity (Wildman–Crippen MR) is 72.1 cm³/mol. The third kappa shape index (κ3) is 2.99. The van der Waals surface area contributed by atoms with E-state index in [1.165, 1.54) is 31.4 Å². The number of piperidine rings is 1. The molecular weight excluding hydrogens is 210 g/mol. The van der Waals surface area contributed by atoms with Crippen molar-refractivity contribution in [1.82, 2.24) is 4.90 Å². The Kier molecular flexibility index (Phi) is 4.41. The Bertz CT molecular complexity index is 308. The third-order valence-corrected chi connectivity index (χ3v) is 3.92. The molecule has 2 heterocycles. The second-order valence-electron chi connectivity index (χ2n) is 5.40. The maximum Gasteiger partial charge on any atom is 0.0773 e. The summed E-state index contributed by atoms with van der Waals surface area (Å²) in [5, 5.41) is 0. The van der Waals surface area contributed by atoms with Crippen molar-refractivity contribution in [3.05, 3.63) is 23.8 Å². The monoisotopic (exact) mass is 235 g/mol. The van der Waals surface area contributed by atoms with E-state index in [0.717, 1.165) is 19.4 Å². The van der Waals surface area contributed by atoms with Crippen molar-refractivity contribution in [3.63, 3.8) is 0 Å². The van der Waals surface area contributed by atoms with E-state index in [9.17, 15) is 0 Å². The van der Waals surface area contributed by atoms with Crippen LogP contribution in [0, 0.1) is 0 Å². The smallest absolute Gasteiger partial charge is 0.0773 e. The van der Waals surface area contributed by atoms with Crippen LogP contribution in [0.3, 0.4) is 0 Å². The van der Waals surface area contributed by atoms with E-state index in [4.69, 9.17) is 4.74 Å². The van der Waals surface area contributed by atoms with Crippen LogP contribution in [0.2, 0.25) is 0 Å². The number of likely N-dealkylation sites (N-methyl/N-ethyl adjacent to an activating group) is 1. The molecule has 2 atom stereocenters. The van der Waals surface area contributed by atoms with E-state index in [1.54, 1.807) is 5.57 Å². The van der Waals surface area contributed by atoms with E-state index < -0.39 is 0 Å². The van der Waals surface area contributed by atoms with Crippen LogP contribution in [-0.4, -0.2) is 37.2 Å². The van der Waals surface area contributed by atoms with Crippen LogP contribution in [0.15, 0.2) is 23.8 Å². The molecule has 96 valence electrons. The summed E-state index contributed by atoms with van der Waals surface area (Å²) in [4.78, 5) is 2.46. The topological polar surface area (TPSA) is 12.5 Å². The minimum absolute atomic E-state index is 0.420. The molecule has 2 rings (SSSR count). The largest absolute Gasteiger partial charge is 0.372 e. The minimum atomic E-state index is 0.420. The summed E-state index contributed by atoms with van der Waals surface area (Å²) in [6.45, 7) is 8.41. The molecule has 2 nitrogen and oxygen atoms in total. The summed E-state index contributed by atoms with van der Waals surface area (Å²) in [5.41, 5.74) is 2.92. The summed E-state index contributed by atoms with van der Waals surface area (Å²) in [7, 11) is 2.22. The molecule has 0 saturated carbocycles. The van der Waals surface area contributed by atoms with Crippen molar-refractivity contribution >= 4 is 0 Å². The van der Waals surface area contributed by atoms with Gasteiger partial charge in [0, 0.05) is 0 Å². The van der Waals surface area contributed by atoms with Crippen molar-refractivity contribution in [1.29, 1.82) is 0 Å². The van der Waals surface area contributed by atoms with Gasteiger partial charge in [-0.25, -0.2) is 0 Å². The lowest BCUT2D eigenvalue weighted by Gasteiger charge is -2.42. The molecule has 0 spiro atoms. The number of likely N-dealkylation sites (tertiary alicyclic amines) is 1. The van der Waals surface area contributed by atoms with Crippen molar-refractivity contribution in [2.75, 3.05) is 20.2 Å². The molecule has 0 aromatic heterocycles. The number of fused-ring (bicyclic) bond motifs is 1. The van der Waals surface area contributed by atoms with Crippen LogP contribution in [0.25, 0.3) is 0 Å². The summed E-state index contributed by atoms with van der Waals surface area (Å²) in [5.74, 6) is 0. The lowest BCUT2D eigenvalue weighted by atomic mass is 9.87. The molecule has 1 fully saturated rings. The fourth-order valence-corrected chi connectivity index (χ4v) is 3.13. The number of rotatable bonds is 4. The molecular formula is C15H25NO. The number of ether oxygens (including phenoxy) is 1. The first kappa shape index (κ1) is 12.8. The lowest BCUT2D eigenvalue weighted by molar-refractivity contribution is -0.0215. The van der Waals surface area contributed by atoms with Crippen LogP contribution < -0.4 is 0 Å². The molecule has 0 aromatic carbocycles. The SMILES string of the molecule is C=C(CCC)CC1=CCOC2CCCN(C)C12. The van der Waals surface area contributed by atoms with Crippen LogP contribution >= 0.6 is 0 Å².